The summed E-state index contributed by atoms with van der Waals surface area (Å²) in [5, 5.41) is 13.5. The van der Waals surface area contributed by atoms with Crippen LogP contribution in [0.4, 0.5) is 4.39 Å². The van der Waals surface area contributed by atoms with Crippen molar-refractivity contribution in [3.8, 4) is 0 Å². The number of carboxylic acids is 1. The summed E-state index contributed by atoms with van der Waals surface area (Å²) in [7, 11) is 1.82. The van der Waals surface area contributed by atoms with Crippen LogP contribution in [0.5, 0.6) is 0 Å². The Bertz CT molecular complexity index is 1240. The van der Waals surface area contributed by atoms with Gasteiger partial charge in [-0.25, -0.2) is 14.2 Å². The Kier molecular flexibility index (Phi) is 8.92. The van der Waals surface area contributed by atoms with Crippen LogP contribution < -0.4 is 5.32 Å². The quantitative estimate of drug-likeness (QED) is 0.378. The Hall–Kier alpha value is -2.33. The summed E-state index contributed by atoms with van der Waals surface area (Å²) in [5.74, 6) is -1.43. The van der Waals surface area contributed by atoms with E-state index in [-0.39, 0.29) is 28.9 Å². The second-order valence-electron chi connectivity index (χ2n) is 9.90. The van der Waals surface area contributed by atoms with E-state index in [1.807, 2.05) is 33.9 Å². The van der Waals surface area contributed by atoms with Crippen molar-refractivity contribution in [1.29, 1.82) is 0 Å². The van der Waals surface area contributed by atoms with Gasteiger partial charge in [0, 0.05) is 17.9 Å². The first kappa shape index (κ1) is 28.7. The largest absolute Gasteiger partial charge is 0.480 e. The fraction of sp³-hybridized carbons (Fsp3) is 0.444. The molecule has 0 spiro atoms. The first-order valence-corrected chi connectivity index (χ1v) is 14.2. The fourth-order valence-electron chi connectivity index (χ4n) is 5.42. The summed E-state index contributed by atoms with van der Waals surface area (Å²) >= 11 is 13.5. The number of aliphatic carboxylic acids is 1. The molecule has 4 atom stereocenters. The molecule has 1 fully saturated rings. The number of aromatic nitrogens is 1. The molecule has 4 rings (SSSR count). The van der Waals surface area contributed by atoms with E-state index in [2.05, 4.69) is 15.2 Å². The van der Waals surface area contributed by atoms with Gasteiger partial charge in [-0.05, 0) is 62.1 Å². The van der Waals surface area contributed by atoms with E-state index in [0.717, 1.165) is 11.3 Å². The molecule has 2 N–H and O–H groups in total. The lowest BCUT2D eigenvalue weighted by Gasteiger charge is -2.39. The van der Waals surface area contributed by atoms with Crippen LogP contribution >= 0.6 is 35.0 Å². The lowest BCUT2D eigenvalue weighted by Crippen LogP contribution is -2.44. The molecule has 0 aliphatic carbocycles. The number of nitrogens with one attached hydrogen (secondary N) is 1. The van der Waals surface area contributed by atoms with Crippen molar-refractivity contribution in [2.45, 2.75) is 57.8 Å². The van der Waals surface area contributed by atoms with Gasteiger partial charge in [0.2, 0.25) is 0 Å². The predicted octanol–water partition coefficient (Wildman–Crippen LogP) is 5.87. The van der Waals surface area contributed by atoms with Crippen molar-refractivity contribution in [2.75, 3.05) is 12.9 Å². The van der Waals surface area contributed by atoms with Crippen LogP contribution in [0.1, 0.15) is 56.8 Å². The number of carboxylic acid groups (broad SMARTS) is 1. The molecular weight excluding hydrogens is 550 g/mol. The number of hydrogen-bond donors (Lipinski definition) is 2. The van der Waals surface area contributed by atoms with Crippen molar-refractivity contribution < 1.29 is 19.1 Å². The maximum absolute atomic E-state index is 14.7. The summed E-state index contributed by atoms with van der Waals surface area (Å²) in [6.45, 7) is 5.89. The van der Waals surface area contributed by atoms with Crippen LogP contribution in [0.2, 0.25) is 10.2 Å². The standard InChI is InChI=1S/C27H31Cl2FN4O3S/c1-14(2)23-25(26(35)34-15(3)5-9-20(34)27(36)37)38-13-33(23)24(16-6-8-18(28)19(30)11-16)22(31-4)17-7-10-21(29)32-12-17/h6-8,10-12,14-15,20,22,24,31H,5,9,13H2,1-4H3,(H,36,37)/t15-,20?,22?,24?/m1/s1. The lowest BCUT2D eigenvalue weighted by atomic mass is 9.91. The van der Waals surface area contributed by atoms with E-state index in [9.17, 15) is 19.1 Å². The summed E-state index contributed by atoms with van der Waals surface area (Å²) in [4.78, 5) is 34.2. The smallest absolute Gasteiger partial charge is 0.326 e. The molecule has 0 saturated carbocycles. The number of halogens is 3. The molecule has 2 aliphatic rings. The number of hydrogen-bond acceptors (Lipinski definition) is 6. The van der Waals surface area contributed by atoms with Crippen LogP contribution in [0, 0.1) is 11.7 Å². The van der Waals surface area contributed by atoms with Gasteiger partial charge in [0.1, 0.15) is 17.0 Å². The van der Waals surface area contributed by atoms with E-state index in [4.69, 9.17) is 23.2 Å². The van der Waals surface area contributed by atoms with Gasteiger partial charge in [0.25, 0.3) is 5.91 Å². The highest BCUT2D eigenvalue weighted by molar-refractivity contribution is 8.04. The predicted molar refractivity (Wildman–Crippen MR) is 148 cm³/mol. The van der Waals surface area contributed by atoms with Crippen LogP contribution in [0.3, 0.4) is 0 Å². The van der Waals surface area contributed by atoms with Crippen molar-refractivity contribution in [3.63, 3.8) is 0 Å². The number of amides is 1. The van der Waals surface area contributed by atoms with Gasteiger partial charge >= 0.3 is 5.97 Å². The molecule has 3 heterocycles. The normalized spacial score (nSPS) is 21.4. The molecule has 7 nitrogen and oxygen atoms in total. The molecule has 2 aromatic rings. The van der Waals surface area contributed by atoms with Crippen LogP contribution in [0.15, 0.2) is 47.1 Å². The van der Waals surface area contributed by atoms with Gasteiger partial charge in [-0.1, -0.05) is 60.9 Å². The van der Waals surface area contributed by atoms with Crippen molar-refractivity contribution in [2.24, 2.45) is 5.92 Å². The van der Waals surface area contributed by atoms with Crippen molar-refractivity contribution in [1.82, 2.24) is 20.1 Å². The molecular formula is C27H31Cl2FN4O3S. The maximum atomic E-state index is 14.7. The molecule has 1 aromatic carbocycles. The zero-order valence-corrected chi connectivity index (χ0v) is 23.9. The fourth-order valence-corrected chi connectivity index (χ4v) is 6.94. The lowest BCUT2D eigenvalue weighted by molar-refractivity contribution is -0.147. The summed E-state index contributed by atoms with van der Waals surface area (Å²) < 4.78 is 14.7. The minimum atomic E-state index is -0.991. The van der Waals surface area contributed by atoms with Crippen molar-refractivity contribution >= 4 is 46.8 Å². The zero-order chi connectivity index (χ0) is 27.7. The maximum Gasteiger partial charge on any atom is 0.326 e. The highest BCUT2D eigenvalue weighted by Gasteiger charge is 2.44. The molecule has 1 saturated heterocycles. The monoisotopic (exact) mass is 580 g/mol. The number of allylic oxidation sites excluding steroid dienone is 1. The topological polar surface area (TPSA) is 85.8 Å². The molecule has 38 heavy (non-hydrogen) atoms. The van der Waals surface area contributed by atoms with E-state index in [0.29, 0.717) is 34.3 Å². The Morgan fingerprint density at radius 3 is 2.47 bits per heavy atom. The number of rotatable bonds is 8. The highest BCUT2D eigenvalue weighted by atomic mass is 35.5. The van der Waals surface area contributed by atoms with Gasteiger partial charge in [-0.2, -0.15) is 0 Å². The average Bonchev–Trinajstić information content (AvgIpc) is 3.49. The first-order chi connectivity index (χ1) is 18.0. The number of thioether (sulfide) groups is 1. The second-order valence-corrected chi connectivity index (χ2v) is 11.7. The van der Waals surface area contributed by atoms with E-state index in [1.165, 1.54) is 28.8 Å². The third-order valence-electron chi connectivity index (χ3n) is 7.18. The first-order valence-electron chi connectivity index (χ1n) is 12.5. The third kappa shape index (κ3) is 5.52. The Morgan fingerprint density at radius 1 is 1.18 bits per heavy atom. The van der Waals surface area contributed by atoms with Crippen LogP contribution in [0.25, 0.3) is 0 Å². The SMILES string of the molecule is CNC(c1ccc(Cl)nc1)C(c1ccc(Cl)c(F)c1)N1CSC(C(=O)N2C(C(=O)O)CC[C@H]2C)=C1C(C)C. The number of benzene rings is 1. The van der Waals surface area contributed by atoms with E-state index in [1.54, 1.807) is 18.3 Å². The third-order valence-corrected chi connectivity index (χ3v) is 8.79. The molecule has 11 heteroatoms. The number of likely N-dealkylation sites (N-methyl/N-ethyl adjacent to an activating group) is 1. The molecule has 0 bridgehead atoms. The highest BCUT2D eigenvalue weighted by Crippen LogP contribution is 2.47. The number of carbonyl (C=O) groups excluding carboxylic acids is 1. The number of pyridine rings is 1. The molecule has 1 amide bonds. The van der Waals surface area contributed by atoms with Crippen LogP contribution in [-0.2, 0) is 9.59 Å². The number of nitrogens with zero attached hydrogens (tertiary/aromatic N) is 3. The van der Waals surface area contributed by atoms with Gasteiger partial charge in [0.15, 0.2) is 0 Å². The summed E-state index contributed by atoms with van der Waals surface area (Å²) in [6, 6.07) is 6.51. The molecule has 2 aliphatic heterocycles. The van der Waals surface area contributed by atoms with Gasteiger partial charge in [-0.3, -0.25) is 4.79 Å². The Morgan fingerprint density at radius 2 is 1.89 bits per heavy atom. The molecule has 1 aromatic heterocycles. The van der Waals surface area contributed by atoms with E-state index < -0.39 is 23.9 Å². The van der Waals surface area contributed by atoms with Gasteiger partial charge in [0.05, 0.1) is 27.9 Å². The zero-order valence-electron chi connectivity index (χ0n) is 21.6. The van der Waals surface area contributed by atoms with Gasteiger partial charge < -0.3 is 20.2 Å². The van der Waals surface area contributed by atoms with Crippen LogP contribution in [-0.4, -0.2) is 56.8 Å². The van der Waals surface area contributed by atoms with Crippen molar-refractivity contribution in [3.05, 3.63) is 74.3 Å². The average molecular weight is 582 g/mol. The molecule has 204 valence electrons. The Balaban J connectivity index is 1.84. The molecule has 3 unspecified atom stereocenters. The van der Waals surface area contributed by atoms with Gasteiger partial charge in [-0.15, -0.1) is 0 Å². The second kappa shape index (κ2) is 11.8. The van der Waals surface area contributed by atoms with E-state index >= 15 is 0 Å². The minimum Gasteiger partial charge on any atom is -0.480 e. The number of carbonyl (C=O) groups is 2. The summed E-state index contributed by atoms with van der Waals surface area (Å²) in [6.07, 6.45) is 2.75. The molecule has 0 radical (unpaired) electrons. The number of likely N-dealkylation sites (tertiary alicyclic amines) is 1. The summed E-state index contributed by atoms with van der Waals surface area (Å²) in [5.41, 5.74) is 2.31. The minimum absolute atomic E-state index is 0.0238. The Labute approximate surface area is 236 Å².